The highest BCUT2D eigenvalue weighted by molar-refractivity contribution is 5.89. The van der Waals surface area contributed by atoms with Gasteiger partial charge in [-0.2, -0.15) is 0 Å². The van der Waals surface area contributed by atoms with Crippen LogP contribution in [0.4, 0.5) is 4.79 Å². The Kier molecular flexibility index (Phi) is 9.32. The number of unbranched alkanes of at least 4 members (excludes halogenated alkanes) is 3. The van der Waals surface area contributed by atoms with Gasteiger partial charge in [0.1, 0.15) is 6.54 Å². The predicted octanol–water partition coefficient (Wildman–Crippen LogP) is 3.20. The van der Waals surface area contributed by atoms with Gasteiger partial charge < -0.3 is 19.9 Å². The molecule has 0 saturated carbocycles. The summed E-state index contributed by atoms with van der Waals surface area (Å²) in [6.45, 7) is 5.59. The quantitative estimate of drug-likeness (QED) is 0.398. The van der Waals surface area contributed by atoms with Crippen molar-refractivity contribution in [1.82, 2.24) is 15.1 Å². The molecule has 0 aromatic rings. The summed E-state index contributed by atoms with van der Waals surface area (Å²) in [5, 5.41) is 2.50. The molecule has 3 aliphatic rings. The number of ketones is 1. The molecule has 0 bridgehead atoms. The monoisotopic (exact) mass is 461 g/mol. The van der Waals surface area contributed by atoms with Gasteiger partial charge in [0.15, 0.2) is 5.78 Å². The maximum atomic E-state index is 12.2. The number of likely N-dealkylation sites (tertiary alicyclic amines) is 1. The van der Waals surface area contributed by atoms with Gasteiger partial charge in [0.05, 0.1) is 12.6 Å². The predicted molar refractivity (Wildman–Crippen MR) is 124 cm³/mol. The Morgan fingerprint density at radius 3 is 2.55 bits per heavy atom. The number of carbonyl (C=O) groups excluding carboxylic acids is 4. The van der Waals surface area contributed by atoms with E-state index >= 15 is 0 Å². The van der Waals surface area contributed by atoms with Crippen molar-refractivity contribution in [2.75, 3.05) is 32.8 Å². The molecular weight excluding hydrogens is 422 g/mol. The van der Waals surface area contributed by atoms with Gasteiger partial charge >= 0.3 is 6.09 Å². The summed E-state index contributed by atoms with van der Waals surface area (Å²) in [6.07, 6.45) is 9.76. The highest BCUT2D eigenvalue weighted by atomic mass is 16.5. The summed E-state index contributed by atoms with van der Waals surface area (Å²) in [7, 11) is 0. The molecule has 2 unspecified atom stereocenters. The second-order valence-electron chi connectivity index (χ2n) is 9.64. The molecule has 3 amide bonds. The third-order valence-electron chi connectivity index (χ3n) is 7.27. The Labute approximate surface area is 197 Å². The van der Waals surface area contributed by atoms with Crippen LogP contribution in [-0.2, 0) is 19.1 Å². The van der Waals surface area contributed by atoms with E-state index in [0.717, 1.165) is 51.6 Å². The molecule has 1 aliphatic carbocycles. The van der Waals surface area contributed by atoms with E-state index in [1.807, 2.05) is 4.90 Å². The van der Waals surface area contributed by atoms with Gasteiger partial charge in [-0.1, -0.05) is 19.3 Å². The van der Waals surface area contributed by atoms with Crippen molar-refractivity contribution in [3.8, 4) is 0 Å². The third kappa shape index (κ3) is 7.05. The number of hydrogen-bond acceptors (Lipinski definition) is 5. The summed E-state index contributed by atoms with van der Waals surface area (Å²) >= 11 is 0. The molecule has 2 atom stereocenters. The van der Waals surface area contributed by atoms with Crippen LogP contribution in [0.2, 0.25) is 0 Å². The van der Waals surface area contributed by atoms with Crippen molar-refractivity contribution < 1.29 is 23.9 Å². The Balaban J connectivity index is 1.23. The molecule has 2 aliphatic heterocycles. The van der Waals surface area contributed by atoms with Crippen LogP contribution in [0.1, 0.15) is 78.1 Å². The number of carbonyl (C=O) groups is 4. The zero-order valence-electron chi connectivity index (χ0n) is 20.2. The summed E-state index contributed by atoms with van der Waals surface area (Å²) in [5.41, 5.74) is 3.02. The van der Waals surface area contributed by atoms with Crippen LogP contribution in [-0.4, -0.2) is 72.3 Å². The van der Waals surface area contributed by atoms with Crippen molar-refractivity contribution in [1.29, 1.82) is 0 Å². The second-order valence-corrected chi connectivity index (χ2v) is 9.64. The molecule has 0 radical (unpaired) electrons. The lowest BCUT2D eigenvalue weighted by atomic mass is 9.81. The van der Waals surface area contributed by atoms with Crippen LogP contribution in [0.25, 0.3) is 0 Å². The fourth-order valence-electron chi connectivity index (χ4n) is 5.44. The fourth-order valence-corrected chi connectivity index (χ4v) is 5.44. The normalized spacial score (nSPS) is 22.4. The molecule has 33 heavy (non-hydrogen) atoms. The zero-order valence-corrected chi connectivity index (χ0v) is 20.2. The maximum absolute atomic E-state index is 12.2. The number of hydrogen-bond donors (Lipinski definition) is 1. The van der Waals surface area contributed by atoms with Gasteiger partial charge in [-0.3, -0.25) is 14.4 Å². The fraction of sp³-hybridized carbons (Fsp3) is 0.760. The number of ether oxygens (including phenoxy) is 1. The topological polar surface area (TPSA) is 96.0 Å². The number of Topliss-reactive ketones (excluding diaryl/α,β-unsaturated/α-hetero) is 1. The van der Waals surface area contributed by atoms with Gasteiger partial charge in [0, 0.05) is 26.6 Å². The zero-order chi connectivity index (χ0) is 23.8. The smallest absolute Gasteiger partial charge is 0.407 e. The Hall–Kier alpha value is -2.38. The van der Waals surface area contributed by atoms with Crippen molar-refractivity contribution in [2.45, 2.75) is 84.1 Å². The van der Waals surface area contributed by atoms with Crippen LogP contribution in [0.3, 0.4) is 0 Å². The lowest BCUT2D eigenvalue weighted by molar-refractivity contribution is -0.136. The number of rotatable bonds is 10. The minimum Gasteiger partial charge on any atom is -0.450 e. The molecule has 0 aromatic carbocycles. The van der Waals surface area contributed by atoms with E-state index in [1.54, 1.807) is 11.8 Å². The highest BCUT2D eigenvalue weighted by Crippen LogP contribution is 2.38. The van der Waals surface area contributed by atoms with Crippen LogP contribution >= 0.6 is 0 Å². The number of alkyl carbamates (subject to hydrolysis) is 1. The molecule has 1 saturated heterocycles. The SMILES string of the molecule is CC(=O)C1CCCN1C(=O)CNC(=O)OCCCCCCC1CCCC2=C1CN(C(C)=O)C2. The lowest BCUT2D eigenvalue weighted by Crippen LogP contribution is -2.45. The Morgan fingerprint density at radius 2 is 1.79 bits per heavy atom. The first-order valence-corrected chi connectivity index (χ1v) is 12.5. The molecule has 1 fully saturated rings. The van der Waals surface area contributed by atoms with Crippen molar-refractivity contribution in [3.05, 3.63) is 11.1 Å². The van der Waals surface area contributed by atoms with Gasteiger partial charge in [-0.05, 0) is 68.9 Å². The van der Waals surface area contributed by atoms with Gasteiger partial charge in [0.2, 0.25) is 11.8 Å². The minimum absolute atomic E-state index is 0.00893. The minimum atomic E-state index is -0.583. The van der Waals surface area contributed by atoms with E-state index in [1.165, 1.54) is 37.3 Å². The summed E-state index contributed by atoms with van der Waals surface area (Å²) in [6, 6.07) is -0.353. The molecule has 8 nitrogen and oxygen atoms in total. The first kappa shape index (κ1) is 25.2. The van der Waals surface area contributed by atoms with E-state index in [4.69, 9.17) is 4.74 Å². The first-order valence-electron chi connectivity index (χ1n) is 12.5. The molecule has 8 heteroatoms. The van der Waals surface area contributed by atoms with Crippen molar-refractivity contribution >= 4 is 23.7 Å². The van der Waals surface area contributed by atoms with E-state index in [-0.39, 0.29) is 30.2 Å². The average Bonchev–Trinajstić information content (AvgIpc) is 3.44. The molecule has 184 valence electrons. The number of nitrogens with one attached hydrogen (secondary N) is 1. The summed E-state index contributed by atoms with van der Waals surface area (Å²) < 4.78 is 5.18. The van der Waals surface area contributed by atoms with Gasteiger partial charge in [0.25, 0.3) is 0 Å². The highest BCUT2D eigenvalue weighted by Gasteiger charge is 2.32. The van der Waals surface area contributed by atoms with E-state index < -0.39 is 6.09 Å². The van der Waals surface area contributed by atoms with Gasteiger partial charge in [-0.25, -0.2) is 4.79 Å². The Morgan fingerprint density at radius 1 is 1.00 bits per heavy atom. The van der Waals surface area contributed by atoms with Crippen LogP contribution in [0, 0.1) is 5.92 Å². The lowest BCUT2D eigenvalue weighted by Gasteiger charge is -2.24. The number of amides is 3. The third-order valence-corrected chi connectivity index (χ3v) is 7.27. The number of nitrogens with zero attached hydrogens (tertiary/aromatic N) is 2. The average molecular weight is 462 g/mol. The largest absolute Gasteiger partial charge is 0.450 e. The standard InChI is InChI=1S/C25H39N3O5/c1-18(29)23-12-8-13-28(23)24(31)15-26-25(32)33-14-6-4-3-5-9-20-10-7-11-21-16-27(19(2)30)17-22(20)21/h20,23H,3-17H2,1-2H3,(H,26,32). The Bertz CT molecular complexity index is 778. The molecule has 3 rings (SSSR count). The van der Waals surface area contributed by atoms with Gasteiger partial charge in [-0.15, -0.1) is 0 Å². The summed E-state index contributed by atoms with van der Waals surface area (Å²) in [4.78, 5) is 50.9. The molecule has 0 aromatic heterocycles. The molecular formula is C25H39N3O5. The van der Waals surface area contributed by atoms with Crippen LogP contribution < -0.4 is 5.32 Å². The first-order chi connectivity index (χ1) is 15.9. The van der Waals surface area contributed by atoms with E-state index in [9.17, 15) is 19.2 Å². The summed E-state index contributed by atoms with van der Waals surface area (Å²) in [5.74, 6) is 0.549. The van der Waals surface area contributed by atoms with Crippen LogP contribution in [0.15, 0.2) is 11.1 Å². The maximum Gasteiger partial charge on any atom is 0.407 e. The van der Waals surface area contributed by atoms with Crippen molar-refractivity contribution in [3.63, 3.8) is 0 Å². The van der Waals surface area contributed by atoms with E-state index in [0.29, 0.717) is 25.5 Å². The second kappa shape index (κ2) is 12.2. The van der Waals surface area contributed by atoms with Crippen molar-refractivity contribution in [2.24, 2.45) is 5.92 Å². The molecule has 1 N–H and O–H groups in total. The molecule has 0 spiro atoms. The molecule has 2 heterocycles. The van der Waals surface area contributed by atoms with Crippen LogP contribution in [0.5, 0.6) is 0 Å². The van der Waals surface area contributed by atoms with E-state index in [2.05, 4.69) is 5.32 Å².